The van der Waals surface area contributed by atoms with Crippen LogP contribution in [0.3, 0.4) is 0 Å². The lowest BCUT2D eigenvalue weighted by molar-refractivity contribution is -0.117. The molecule has 1 saturated heterocycles. The fourth-order valence-electron chi connectivity index (χ4n) is 3.51. The van der Waals surface area contributed by atoms with E-state index in [-0.39, 0.29) is 11.7 Å². The highest BCUT2D eigenvalue weighted by molar-refractivity contribution is 5.93. The van der Waals surface area contributed by atoms with E-state index in [2.05, 4.69) is 15.1 Å². The van der Waals surface area contributed by atoms with E-state index >= 15 is 0 Å². The third-order valence-corrected chi connectivity index (χ3v) is 5.15. The maximum absolute atomic E-state index is 13.6. The van der Waals surface area contributed by atoms with Gasteiger partial charge in [-0.1, -0.05) is 0 Å². The topological polar surface area (TPSA) is 63.3 Å². The fourth-order valence-corrected chi connectivity index (χ4v) is 3.51. The monoisotopic (exact) mass is 417 g/mol. The first-order chi connectivity index (χ1) is 14.5. The van der Waals surface area contributed by atoms with E-state index in [1.807, 2.05) is 0 Å². The van der Waals surface area contributed by atoms with E-state index in [1.165, 1.54) is 12.1 Å². The molecule has 2 aromatic carbocycles. The van der Waals surface area contributed by atoms with Gasteiger partial charge in [-0.25, -0.2) is 4.39 Å². The molecule has 162 valence electrons. The Morgan fingerprint density at radius 2 is 1.63 bits per heavy atom. The van der Waals surface area contributed by atoms with Gasteiger partial charge in [0.2, 0.25) is 5.91 Å². The van der Waals surface area contributed by atoms with Crippen LogP contribution in [-0.2, 0) is 11.3 Å². The van der Waals surface area contributed by atoms with E-state index in [9.17, 15) is 9.18 Å². The number of rotatable bonds is 8. The van der Waals surface area contributed by atoms with Gasteiger partial charge >= 0.3 is 0 Å². The van der Waals surface area contributed by atoms with Crippen LogP contribution in [0.2, 0.25) is 0 Å². The summed E-state index contributed by atoms with van der Waals surface area (Å²) in [5.41, 5.74) is 1.44. The number of ether oxygens (including phenoxy) is 3. The lowest BCUT2D eigenvalue weighted by atomic mass is 10.1. The van der Waals surface area contributed by atoms with E-state index < -0.39 is 0 Å². The molecule has 1 amide bonds. The highest BCUT2D eigenvalue weighted by atomic mass is 19.1. The highest BCUT2D eigenvalue weighted by Gasteiger charge is 2.21. The molecule has 0 unspecified atom stereocenters. The number of amides is 1. The molecule has 3 rings (SSSR count). The Kier molecular flexibility index (Phi) is 7.48. The second-order valence-corrected chi connectivity index (χ2v) is 7.12. The summed E-state index contributed by atoms with van der Waals surface area (Å²) in [6.07, 6.45) is 0. The summed E-state index contributed by atoms with van der Waals surface area (Å²) in [6, 6.07) is 9.84. The van der Waals surface area contributed by atoms with Crippen molar-refractivity contribution in [3.05, 3.63) is 47.8 Å². The fraction of sp³-hybridized carbons (Fsp3) is 0.409. The molecule has 1 aliphatic rings. The number of benzene rings is 2. The van der Waals surface area contributed by atoms with Crippen LogP contribution < -0.4 is 19.5 Å². The molecule has 30 heavy (non-hydrogen) atoms. The molecule has 0 bridgehead atoms. The van der Waals surface area contributed by atoms with Gasteiger partial charge in [-0.15, -0.1) is 0 Å². The number of hydrogen-bond acceptors (Lipinski definition) is 6. The Labute approximate surface area is 176 Å². The largest absolute Gasteiger partial charge is 0.497 e. The first kappa shape index (κ1) is 21.9. The number of nitrogens with zero attached hydrogens (tertiary/aromatic N) is 2. The maximum Gasteiger partial charge on any atom is 0.238 e. The lowest BCUT2D eigenvalue weighted by Gasteiger charge is -2.34. The normalized spacial score (nSPS) is 14.9. The molecule has 0 radical (unpaired) electrons. The Balaban J connectivity index is 1.50. The molecule has 7 nitrogen and oxygen atoms in total. The van der Waals surface area contributed by atoms with E-state index in [4.69, 9.17) is 14.2 Å². The van der Waals surface area contributed by atoms with Gasteiger partial charge in [0, 0.05) is 44.4 Å². The maximum atomic E-state index is 13.6. The second-order valence-electron chi connectivity index (χ2n) is 7.12. The van der Waals surface area contributed by atoms with Crippen LogP contribution in [-0.4, -0.2) is 69.8 Å². The number of nitrogens with one attached hydrogen (secondary N) is 1. The summed E-state index contributed by atoms with van der Waals surface area (Å²) >= 11 is 0. The summed E-state index contributed by atoms with van der Waals surface area (Å²) in [5, 5.41) is 2.90. The van der Waals surface area contributed by atoms with Crippen LogP contribution in [0.25, 0.3) is 0 Å². The molecule has 1 N–H and O–H groups in total. The number of piperazine rings is 1. The van der Waals surface area contributed by atoms with E-state index in [1.54, 1.807) is 45.6 Å². The molecule has 8 heteroatoms. The van der Waals surface area contributed by atoms with Crippen molar-refractivity contribution in [3.8, 4) is 17.2 Å². The van der Waals surface area contributed by atoms with Gasteiger partial charge in [-0.3, -0.25) is 14.6 Å². The molecule has 1 fully saturated rings. The van der Waals surface area contributed by atoms with Gasteiger partial charge in [-0.05, 0) is 30.3 Å². The van der Waals surface area contributed by atoms with E-state index in [0.717, 1.165) is 31.7 Å². The summed E-state index contributed by atoms with van der Waals surface area (Å²) in [4.78, 5) is 16.8. The summed E-state index contributed by atoms with van der Waals surface area (Å²) < 4.78 is 29.4. The van der Waals surface area contributed by atoms with Crippen molar-refractivity contribution in [1.29, 1.82) is 0 Å². The average Bonchev–Trinajstić information content (AvgIpc) is 2.75. The number of carbonyl (C=O) groups is 1. The van der Waals surface area contributed by atoms with Gasteiger partial charge in [0.15, 0.2) is 0 Å². The van der Waals surface area contributed by atoms with Crippen molar-refractivity contribution >= 4 is 11.6 Å². The van der Waals surface area contributed by atoms with E-state index in [0.29, 0.717) is 36.0 Å². The quantitative estimate of drug-likeness (QED) is 0.713. The molecule has 0 aromatic heterocycles. The zero-order valence-corrected chi connectivity index (χ0v) is 17.6. The first-order valence-corrected chi connectivity index (χ1v) is 9.81. The average molecular weight is 417 g/mol. The molecule has 0 spiro atoms. The Morgan fingerprint density at radius 1 is 0.933 bits per heavy atom. The second kappa shape index (κ2) is 10.3. The van der Waals surface area contributed by atoms with Gasteiger partial charge in [0.1, 0.15) is 23.1 Å². The number of hydrogen-bond donors (Lipinski definition) is 1. The SMILES string of the molecule is COc1ccc(NC(=O)CN2CCN(Cc3cc(F)ccc3OC)CC2)c(OC)c1. The van der Waals surface area contributed by atoms with Gasteiger partial charge in [-0.2, -0.15) is 0 Å². The Bertz CT molecular complexity index is 869. The summed E-state index contributed by atoms with van der Waals surface area (Å²) in [7, 11) is 4.72. The zero-order valence-electron chi connectivity index (χ0n) is 17.6. The van der Waals surface area contributed by atoms with Crippen LogP contribution in [0.4, 0.5) is 10.1 Å². The van der Waals surface area contributed by atoms with Crippen molar-refractivity contribution in [1.82, 2.24) is 9.80 Å². The molecular formula is C22H28FN3O4. The minimum absolute atomic E-state index is 0.0984. The highest BCUT2D eigenvalue weighted by Crippen LogP contribution is 2.29. The number of anilines is 1. The van der Waals surface area contributed by atoms with Crippen LogP contribution in [0.5, 0.6) is 17.2 Å². The number of halogens is 1. The van der Waals surface area contributed by atoms with Crippen molar-refractivity contribution in [3.63, 3.8) is 0 Å². The van der Waals surface area contributed by atoms with Gasteiger partial charge < -0.3 is 19.5 Å². The van der Waals surface area contributed by atoms with Crippen LogP contribution in [0.1, 0.15) is 5.56 Å². The number of methoxy groups -OCH3 is 3. The molecular weight excluding hydrogens is 389 g/mol. The Hall–Kier alpha value is -2.84. The Morgan fingerprint density at radius 3 is 2.30 bits per heavy atom. The third kappa shape index (κ3) is 5.61. The first-order valence-electron chi connectivity index (χ1n) is 9.81. The minimum Gasteiger partial charge on any atom is -0.497 e. The van der Waals surface area contributed by atoms with Crippen LogP contribution >= 0.6 is 0 Å². The zero-order chi connectivity index (χ0) is 21.5. The van der Waals surface area contributed by atoms with Crippen LogP contribution in [0, 0.1) is 5.82 Å². The molecule has 0 atom stereocenters. The predicted octanol–water partition coefficient (Wildman–Crippen LogP) is 2.61. The van der Waals surface area contributed by atoms with Crippen molar-refractivity contribution in [2.24, 2.45) is 0 Å². The van der Waals surface area contributed by atoms with Crippen LogP contribution in [0.15, 0.2) is 36.4 Å². The predicted molar refractivity (Wildman–Crippen MR) is 113 cm³/mol. The molecule has 0 aliphatic carbocycles. The number of carbonyl (C=O) groups excluding carboxylic acids is 1. The lowest BCUT2D eigenvalue weighted by Crippen LogP contribution is -2.48. The van der Waals surface area contributed by atoms with Crippen molar-refractivity contribution < 1.29 is 23.4 Å². The molecule has 0 saturated carbocycles. The third-order valence-electron chi connectivity index (χ3n) is 5.15. The van der Waals surface area contributed by atoms with Crippen molar-refractivity contribution in [2.45, 2.75) is 6.54 Å². The smallest absolute Gasteiger partial charge is 0.238 e. The standard InChI is InChI=1S/C22H28FN3O4/c1-28-18-5-6-19(21(13-18)30-3)24-22(27)15-26-10-8-25(9-11-26)14-16-12-17(23)4-7-20(16)29-2/h4-7,12-13H,8-11,14-15H2,1-3H3,(H,24,27). The minimum atomic E-state index is -0.268. The van der Waals surface area contributed by atoms with Gasteiger partial charge in [0.25, 0.3) is 0 Å². The molecule has 1 aliphatic heterocycles. The van der Waals surface area contributed by atoms with Gasteiger partial charge in [0.05, 0.1) is 33.6 Å². The van der Waals surface area contributed by atoms with Crippen molar-refractivity contribution in [2.75, 3.05) is 59.4 Å². The molecule has 2 aromatic rings. The summed E-state index contributed by atoms with van der Waals surface area (Å²) in [5.74, 6) is 1.54. The summed E-state index contributed by atoms with van der Waals surface area (Å²) in [6.45, 7) is 4.00. The molecule has 1 heterocycles.